The minimum Gasteiger partial charge on any atom is -0.372 e. The van der Waals surface area contributed by atoms with Gasteiger partial charge in [0.1, 0.15) is 23.1 Å². The summed E-state index contributed by atoms with van der Waals surface area (Å²) in [6.07, 6.45) is 3.40. The second-order valence-corrected chi connectivity index (χ2v) is 15.3. The lowest BCUT2D eigenvalue weighted by Crippen LogP contribution is -2.51. The van der Waals surface area contributed by atoms with Gasteiger partial charge in [0.2, 0.25) is 0 Å². The number of rotatable bonds is 7. The number of nitrogens with one attached hydrogen (secondary N) is 1. The van der Waals surface area contributed by atoms with Crippen molar-refractivity contribution in [2.45, 2.75) is 64.7 Å². The molecule has 0 aliphatic carbocycles. The van der Waals surface area contributed by atoms with Crippen LogP contribution in [-0.4, -0.2) is 22.4 Å². The predicted molar refractivity (Wildman–Crippen MR) is 128 cm³/mol. The maximum atomic E-state index is 15.1. The molecule has 4 nitrogen and oxygen atoms in total. The van der Waals surface area contributed by atoms with E-state index in [1.807, 2.05) is 12.3 Å². The van der Waals surface area contributed by atoms with Crippen molar-refractivity contribution in [2.24, 2.45) is 0 Å². The SMILES string of the molecule is CC(C)[Si](C(C)C)(C(C)C)n1cc(Cl)c2cc(CNc3cc(Cl)ncn3)c(F)cc21. The van der Waals surface area contributed by atoms with Crippen molar-refractivity contribution in [1.29, 1.82) is 0 Å². The summed E-state index contributed by atoms with van der Waals surface area (Å²) < 4.78 is 17.5. The lowest BCUT2D eigenvalue weighted by atomic mass is 10.1. The first kappa shape index (κ1) is 23.0. The Labute approximate surface area is 188 Å². The Morgan fingerprint density at radius 3 is 2.20 bits per heavy atom. The van der Waals surface area contributed by atoms with Gasteiger partial charge in [0, 0.05) is 35.3 Å². The minimum atomic E-state index is -2.05. The van der Waals surface area contributed by atoms with Gasteiger partial charge in [-0.15, -0.1) is 0 Å². The number of benzene rings is 1. The molecular formula is C22H29Cl2FN4Si. The number of halogens is 3. The molecule has 0 aliphatic rings. The van der Waals surface area contributed by atoms with E-state index in [1.165, 1.54) is 6.33 Å². The minimum absolute atomic E-state index is 0.259. The molecule has 0 amide bonds. The van der Waals surface area contributed by atoms with Gasteiger partial charge in [-0.3, -0.25) is 0 Å². The molecule has 2 aromatic heterocycles. The molecule has 2 heterocycles. The molecule has 0 aliphatic heterocycles. The lowest BCUT2D eigenvalue weighted by molar-refractivity contribution is 0.614. The highest BCUT2D eigenvalue weighted by Crippen LogP contribution is 2.45. The van der Waals surface area contributed by atoms with Gasteiger partial charge in [-0.25, -0.2) is 14.4 Å². The van der Waals surface area contributed by atoms with Crippen molar-refractivity contribution >= 4 is 48.2 Å². The van der Waals surface area contributed by atoms with E-state index in [1.54, 1.807) is 12.1 Å². The van der Waals surface area contributed by atoms with Crippen molar-refractivity contribution in [1.82, 2.24) is 14.2 Å². The van der Waals surface area contributed by atoms with Crippen LogP contribution in [0.25, 0.3) is 10.9 Å². The highest BCUT2D eigenvalue weighted by atomic mass is 35.5. The van der Waals surface area contributed by atoms with Gasteiger partial charge in [-0.05, 0) is 28.8 Å². The Bertz CT molecular complexity index is 1030. The van der Waals surface area contributed by atoms with Crippen LogP contribution in [0.5, 0.6) is 0 Å². The van der Waals surface area contributed by atoms with Crippen LogP contribution in [0.4, 0.5) is 10.2 Å². The zero-order chi connectivity index (χ0) is 22.2. The summed E-state index contributed by atoms with van der Waals surface area (Å²) in [5, 5.41) is 4.98. The van der Waals surface area contributed by atoms with Crippen LogP contribution in [0.3, 0.4) is 0 Å². The lowest BCUT2D eigenvalue weighted by Gasteiger charge is -2.44. The van der Waals surface area contributed by atoms with Crippen LogP contribution >= 0.6 is 23.2 Å². The number of aromatic nitrogens is 3. The van der Waals surface area contributed by atoms with Crippen LogP contribution < -0.4 is 5.32 Å². The van der Waals surface area contributed by atoms with Crippen molar-refractivity contribution in [2.75, 3.05) is 5.32 Å². The molecule has 0 saturated carbocycles. The van der Waals surface area contributed by atoms with E-state index < -0.39 is 8.24 Å². The molecule has 3 aromatic rings. The Morgan fingerprint density at radius 1 is 1.00 bits per heavy atom. The first-order chi connectivity index (χ1) is 14.1. The zero-order valence-corrected chi connectivity index (χ0v) is 20.8. The Hall–Kier alpha value is -1.63. The molecule has 1 N–H and O–H groups in total. The van der Waals surface area contributed by atoms with Crippen LogP contribution in [0.2, 0.25) is 26.8 Å². The summed E-state index contributed by atoms with van der Waals surface area (Å²) in [6.45, 7) is 14.0. The molecule has 0 bridgehead atoms. The van der Waals surface area contributed by atoms with Crippen molar-refractivity contribution < 1.29 is 4.39 Å². The first-order valence-electron chi connectivity index (χ1n) is 10.3. The number of anilines is 1. The molecule has 8 heteroatoms. The van der Waals surface area contributed by atoms with Gasteiger partial charge in [0.05, 0.1) is 5.02 Å². The Balaban J connectivity index is 2.08. The van der Waals surface area contributed by atoms with Gasteiger partial charge in [0.15, 0.2) is 8.24 Å². The standard InChI is InChI=1S/C22H29Cl2FN4Si/c1-13(2)30(14(3)4,15(5)6)29-11-18(23)17-7-16(19(25)8-20(17)29)10-26-22-9-21(24)27-12-28-22/h7-9,11-15H,10H2,1-6H3,(H,26,27,28). The average molecular weight is 467 g/mol. The van der Waals surface area contributed by atoms with Crippen LogP contribution in [0, 0.1) is 5.82 Å². The fourth-order valence-electron chi connectivity index (χ4n) is 5.16. The monoisotopic (exact) mass is 466 g/mol. The second-order valence-electron chi connectivity index (χ2n) is 8.74. The molecule has 0 fully saturated rings. The van der Waals surface area contributed by atoms with Crippen LogP contribution in [0.15, 0.2) is 30.7 Å². The molecule has 0 saturated heterocycles. The molecular weight excluding hydrogens is 438 g/mol. The smallest absolute Gasteiger partial charge is 0.169 e. The Kier molecular flexibility index (Phi) is 6.80. The number of nitrogens with zero attached hydrogens (tertiary/aromatic N) is 3. The average Bonchev–Trinajstić information content (AvgIpc) is 2.95. The second kappa shape index (κ2) is 8.85. The Morgan fingerprint density at radius 2 is 1.63 bits per heavy atom. The van der Waals surface area contributed by atoms with Crippen molar-refractivity contribution in [3.05, 3.63) is 52.3 Å². The first-order valence-corrected chi connectivity index (χ1v) is 13.2. The van der Waals surface area contributed by atoms with Gasteiger partial charge in [0.25, 0.3) is 0 Å². The third kappa shape index (κ3) is 3.97. The number of hydrogen-bond acceptors (Lipinski definition) is 3. The number of fused-ring (bicyclic) bond motifs is 1. The summed E-state index contributed by atoms with van der Waals surface area (Å²) in [6, 6.07) is 5.09. The molecule has 0 atom stereocenters. The summed E-state index contributed by atoms with van der Waals surface area (Å²) in [5.74, 6) is 0.286. The maximum absolute atomic E-state index is 15.1. The van der Waals surface area contributed by atoms with E-state index in [0.29, 0.717) is 38.2 Å². The van der Waals surface area contributed by atoms with Crippen molar-refractivity contribution in [3.63, 3.8) is 0 Å². The molecule has 3 rings (SSSR count). The van der Waals surface area contributed by atoms with Crippen LogP contribution in [0.1, 0.15) is 47.1 Å². The largest absolute Gasteiger partial charge is 0.372 e. The fourth-order valence-corrected chi connectivity index (χ4v) is 12.3. The van der Waals surface area contributed by atoms with E-state index >= 15 is 4.39 Å². The third-order valence-corrected chi connectivity index (χ3v) is 13.5. The summed E-state index contributed by atoms with van der Waals surface area (Å²) >= 11 is 12.6. The van der Waals surface area contributed by atoms with E-state index in [0.717, 1.165) is 10.9 Å². The highest BCUT2D eigenvalue weighted by molar-refractivity contribution is 6.82. The normalized spacial score (nSPS) is 12.5. The topological polar surface area (TPSA) is 42.7 Å². The maximum Gasteiger partial charge on any atom is 0.169 e. The summed E-state index contributed by atoms with van der Waals surface area (Å²) in [4.78, 5) is 7.96. The van der Waals surface area contributed by atoms with Crippen molar-refractivity contribution in [3.8, 4) is 0 Å². The molecule has 0 radical (unpaired) electrons. The fraction of sp³-hybridized carbons (Fsp3) is 0.455. The van der Waals surface area contributed by atoms with E-state index in [4.69, 9.17) is 23.2 Å². The molecule has 0 spiro atoms. The molecule has 30 heavy (non-hydrogen) atoms. The highest BCUT2D eigenvalue weighted by Gasteiger charge is 2.46. The van der Waals surface area contributed by atoms with Crippen LogP contribution in [-0.2, 0) is 6.54 Å². The predicted octanol–water partition coefficient (Wildman–Crippen LogP) is 7.51. The number of hydrogen-bond donors (Lipinski definition) is 1. The van der Waals surface area contributed by atoms with Gasteiger partial charge in [-0.2, -0.15) is 0 Å². The van der Waals surface area contributed by atoms with Gasteiger partial charge < -0.3 is 9.55 Å². The van der Waals surface area contributed by atoms with Gasteiger partial charge >= 0.3 is 0 Å². The van der Waals surface area contributed by atoms with E-state index in [2.05, 4.69) is 61.1 Å². The van der Waals surface area contributed by atoms with E-state index in [-0.39, 0.29) is 12.4 Å². The molecule has 0 unspecified atom stereocenters. The zero-order valence-electron chi connectivity index (χ0n) is 18.3. The van der Waals surface area contributed by atoms with E-state index in [9.17, 15) is 0 Å². The quantitative estimate of drug-likeness (QED) is 0.289. The molecule has 162 valence electrons. The van der Waals surface area contributed by atoms with Gasteiger partial charge in [-0.1, -0.05) is 64.7 Å². The third-order valence-electron chi connectivity index (χ3n) is 6.21. The summed E-state index contributed by atoms with van der Waals surface area (Å²) in [5.41, 5.74) is 2.86. The summed E-state index contributed by atoms with van der Waals surface area (Å²) in [7, 11) is -2.05. The molecule has 1 aromatic carbocycles.